The van der Waals surface area contributed by atoms with E-state index in [1.807, 2.05) is 13.8 Å². The highest BCUT2D eigenvalue weighted by Gasteiger charge is 2.23. The predicted octanol–water partition coefficient (Wildman–Crippen LogP) is -0.571. The van der Waals surface area contributed by atoms with Crippen molar-refractivity contribution < 1.29 is 14.7 Å². The van der Waals surface area contributed by atoms with Crippen LogP contribution < -0.4 is 5.32 Å². The van der Waals surface area contributed by atoms with Gasteiger partial charge in [0.2, 0.25) is 0 Å². The summed E-state index contributed by atoms with van der Waals surface area (Å²) in [6.45, 7) is 3.74. The Morgan fingerprint density at radius 1 is 1.50 bits per heavy atom. The molecule has 0 saturated carbocycles. The van der Waals surface area contributed by atoms with E-state index in [-0.39, 0.29) is 11.7 Å². The maximum atomic E-state index is 11.4. The van der Waals surface area contributed by atoms with Gasteiger partial charge in [0.1, 0.15) is 6.04 Å². The van der Waals surface area contributed by atoms with Crippen molar-refractivity contribution in [1.29, 1.82) is 0 Å². The van der Waals surface area contributed by atoms with Gasteiger partial charge >= 0.3 is 5.97 Å². The minimum absolute atomic E-state index is 0.159. The average Bonchev–Trinajstić information content (AvgIpc) is 2.68. The van der Waals surface area contributed by atoms with E-state index in [1.54, 1.807) is 0 Å². The number of carbonyl (C=O) groups is 2. The summed E-state index contributed by atoms with van der Waals surface area (Å²) in [6, 6.07) is -0.939. The van der Waals surface area contributed by atoms with Crippen LogP contribution in [-0.4, -0.2) is 43.6 Å². The highest BCUT2D eigenvalue weighted by molar-refractivity contribution is 5.93. The molecule has 8 nitrogen and oxygen atoms in total. The number of carboxylic acid groups (broad SMARTS) is 1. The van der Waals surface area contributed by atoms with E-state index in [1.165, 1.54) is 0 Å². The van der Waals surface area contributed by atoms with Gasteiger partial charge in [0.25, 0.3) is 11.7 Å². The van der Waals surface area contributed by atoms with E-state index in [0.29, 0.717) is 6.42 Å². The molecule has 0 aliphatic carbocycles. The van der Waals surface area contributed by atoms with Crippen molar-refractivity contribution in [1.82, 2.24) is 25.9 Å². The van der Waals surface area contributed by atoms with Crippen molar-refractivity contribution in [2.75, 3.05) is 0 Å². The van der Waals surface area contributed by atoms with Crippen LogP contribution in [-0.2, 0) is 4.79 Å². The predicted molar refractivity (Wildman–Crippen MR) is 52.5 cm³/mol. The Hall–Kier alpha value is -1.99. The zero-order chi connectivity index (χ0) is 12.1. The topological polar surface area (TPSA) is 121 Å². The summed E-state index contributed by atoms with van der Waals surface area (Å²) >= 11 is 0. The monoisotopic (exact) mass is 227 g/mol. The molecule has 0 fully saturated rings. The van der Waals surface area contributed by atoms with E-state index in [4.69, 9.17) is 5.11 Å². The Morgan fingerprint density at radius 3 is 2.62 bits per heavy atom. The third-order valence-corrected chi connectivity index (χ3v) is 1.86. The number of carbonyl (C=O) groups excluding carboxylic acids is 1. The lowest BCUT2D eigenvalue weighted by Crippen LogP contribution is -2.42. The Bertz CT molecular complexity index is 362. The van der Waals surface area contributed by atoms with Gasteiger partial charge in [0, 0.05) is 0 Å². The van der Waals surface area contributed by atoms with Gasteiger partial charge in [-0.1, -0.05) is 13.8 Å². The first-order chi connectivity index (χ1) is 7.50. The van der Waals surface area contributed by atoms with Crippen LogP contribution in [0.4, 0.5) is 0 Å². The number of rotatable bonds is 5. The number of nitrogens with zero attached hydrogens (tertiary/aromatic N) is 3. The highest BCUT2D eigenvalue weighted by Crippen LogP contribution is 2.05. The van der Waals surface area contributed by atoms with Crippen molar-refractivity contribution in [3.8, 4) is 0 Å². The van der Waals surface area contributed by atoms with Crippen LogP contribution >= 0.6 is 0 Å². The molecule has 1 heterocycles. The van der Waals surface area contributed by atoms with E-state index in [0.717, 1.165) is 0 Å². The fourth-order valence-corrected chi connectivity index (χ4v) is 1.17. The molecule has 16 heavy (non-hydrogen) atoms. The minimum atomic E-state index is -1.08. The maximum Gasteiger partial charge on any atom is 0.326 e. The molecule has 1 atom stereocenters. The molecule has 0 saturated heterocycles. The van der Waals surface area contributed by atoms with Gasteiger partial charge in [0.15, 0.2) is 0 Å². The molecule has 0 aliphatic heterocycles. The van der Waals surface area contributed by atoms with Crippen molar-refractivity contribution in [2.45, 2.75) is 26.3 Å². The first-order valence-electron chi connectivity index (χ1n) is 4.77. The minimum Gasteiger partial charge on any atom is -0.480 e. The molecular weight excluding hydrogens is 214 g/mol. The molecule has 1 amide bonds. The number of aliphatic carboxylic acids is 1. The Balaban J connectivity index is 2.62. The summed E-state index contributed by atoms with van der Waals surface area (Å²) in [6.07, 6.45) is 0.346. The van der Waals surface area contributed by atoms with Crippen molar-refractivity contribution in [3.05, 3.63) is 5.82 Å². The zero-order valence-corrected chi connectivity index (χ0v) is 8.97. The van der Waals surface area contributed by atoms with Gasteiger partial charge in [-0.15, -0.1) is 10.2 Å². The molecule has 3 N–H and O–H groups in total. The summed E-state index contributed by atoms with van der Waals surface area (Å²) in [7, 11) is 0. The van der Waals surface area contributed by atoms with Crippen LogP contribution in [0.5, 0.6) is 0 Å². The summed E-state index contributed by atoms with van der Waals surface area (Å²) in [5.41, 5.74) is 0. The Morgan fingerprint density at radius 2 is 2.19 bits per heavy atom. The Labute approximate surface area is 91.4 Å². The van der Waals surface area contributed by atoms with Crippen LogP contribution in [0.1, 0.15) is 30.9 Å². The lowest BCUT2D eigenvalue weighted by molar-refractivity contribution is -0.139. The second-order valence-corrected chi connectivity index (χ2v) is 3.73. The smallest absolute Gasteiger partial charge is 0.326 e. The molecule has 0 spiro atoms. The SMILES string of the molecule is CC(C)CC(NC(=O)c1nn[nH]n1)C(=O)O. The second-order valence-electron chi connectivity index (χ2n) is 3.73. The first kappa shape index (κ1) is 12.1. The van der Waals surface area contributed by atoms with Crippen LogP contribution in [0.3, 0.4) is 0 Å². The summed E-state index contributed by atoms with van der Waals surface area (Å²) in [4.78, 5) is 22.3. The third-order valence-electron chi connectivity index (χ3n) is 1.86. The van der Waals surface area contributed by atoms with Crippen molar-refractivity contribution >= 4 is 11.9 Å². The van der Waals surface area contributed by atoms with Gasteiger partial charge in [0.05, 0.1) is 0 Å². The molecule has 88 valence electrons. The number of hydrogen-bond donors (Lipinski definition) is 3. The molecule has 1 aromatic heterocycles. The average molecular weight is 227 g/mol. The standard InChI is InChI=1S/C8H13N5O3/c1-4(2)3-5(8(15)16)9-7(14)6-10-12-13-11-6/h4-5H,3H2,1-2H3,(H,9,14)(H,15,16)(H,10,11,12,13). The van der Waals surface area contributed by atoms with Crippen LogP contribution in [0.2, 0.25) is 0 Å². The lowest BCUT2D eigenvalue weighted by Gasteiger charge is -2.14. The fraction of sp³-hybridized carbons (Fsp3) is 0.625. The number of H-pyrrole nitrogens is 1. The maximum absolute atomic E-state index is 11.4. The highest BCUT2D eigenvalue weighted by atomic mass is 16.4. The number of amides is 1. The molecule has 0 radical (unpaired) electrons. The summed E-state index contributed by atoms with van der Waals surface area (Å²) in [5, 5.41) is 23.5. The number of nitrogens with one attached hydrogen (secondary N) is 2. The zero-order valence-electron chi connectivity index (χ0n) is 8.97. The molecular formula is C8H13N5O3. The quantitative estimate of drug-likeness (QED) is 0.619. The second kappa shape index (κ2) is 5.19. The van der Waals surface area contributed by atoms with Crippen molar-refractivity contribution in [2.24, 2.45) is 5.92 Å². The van der Waals surface area contributed by atoms with E-state index in [2.05, 4.69) is 25.9 Å². The number of tetrazole rings is 1. The molecule has 0 aromatic carbocycles. The molecule has 1 unspecified atom stereocenters. The number of carboxylic acids is 1. The summed E-state index contributed by atoms with van der Waals surface area (Å²) in [5.74, 6) is -1.74. The van der Waals surface area contributed by atoms with E-state index in [9.17, 15) is 9.59 Å². The summed E-state index contributed by atoms with van der Waals surface area (Å²) < 4.78 is 0. The molecule has 8 heteroatoms. The van der Waals surface area contributed by atoms with Crippen LogP contribution in [0, 0.1) is 5.92 Å². The molecule has 1 aromatic rings. The van der Waals surface area contributed by atoms with E-state index < -0.39 is 17.9 Å². The van der Waals surface area contributed by atoms with Crippen molar-refractivity contribution in [3.63, 3.8) is 0 Å². The number of aromatic amines is 1. The van der Waals surface area contributed by atoms with Gasteiger partial charge in [-0.2, -0.15) is 5.21 Å². The van der Waals surface area contributed by atoms with Crippen LogP contribution in [0.15, 0.2) is 0 Å². The molecule has 0 aliphatic rings. The van der Waals surface area contributed by atoms with Gasteiger partial charge in [-0.25, -0.2) is 4.79 Å². The van der Waals surface area contributed by atoms with E-state index >= 15 is 0 Å². The largest absolute Gasteiger partial charge is 0.480 e. The number of aromatic nitrogens is 4. The molecule has 1 rings (SSSR count). The molecule has 0 bridgehead atoms. The number of hydrogen-bond acceptors (Lipinski definition) is 5. The van der Waals surface area contributed by atoms with Gasteiger partial charge in [-0.05, 0) is 17.6 Å². The van der Waals surface area contributed by atoms with Crippen LogP contribution in [0.25, 0.3) is 0 Å². The first-order valence-corrected chi connectivity index (χ1v) is 4.77. The van der Waals surface area contributed by atoms with Gasteiger partial charge < -0.3 is 10.4 Å². The fourth-order valence-electron chi connectivity index (χ4n) is 1.17. The Kier molecular flexibility index (Phi) is 3.92. The van der Waals surface area contributed by atoms with Gasteiger partial charge in [-0.3, -0.25) is 4.79 Å². The lowest BCUT2D eigenvalue weighted by atomic mass is 10.0. The normalized spacial score (nSPS) is 12.4. The third kappa shape index (κ3) is 3.30.